The van der Waals surface area contributed by atoms with Gasteiger partial charge in [-0.1, -0.05) is 13.0 Å². The standard InChI is InChI=1S/C11H15N3S/c1-2-9-6-10(14-13-9)7-12-8-11-4-3-5-15-11/h3-6,12H,2,7-8H2,1H3,(H,13,14). The van der Waals surface area contributed by atoms with Gasteiger partial charge in [-0.2, -0.15) is 5.10 Å². The fraction of sp³-hybridized carbons (Fsp3) is 0.364. The molecule has 0 aliphatic rings. The number of rotatable bonds is 5. The molecule has 2 aromatic rings. The van der Waals surface area contributed by atoms with Gasteiger partial charge in [0.15, 0.2) is 0 Å². The van der Waals surface area contributed by atoms with Crippen molar-refractivity contribution in [1.82, 2.24) is 15.5 Å². The summed E-state index contributed by atoms with van der Waals surface area (Å²) in [5, 5.41) is 12.7. The second-order valence-corrected chi connectivity index (χ2v) is 4.45. The molecule has 3 nitrogen and oxygen atoms in total. The van der Waals surface area contributed by atoms with Gasteiger partial charge in [0.1, 0.15) is 0 Å². The number of aromatic amines is 1. The first-order valence-electron chi connectivity index (χ1n) is 5.14. The lowest BCUT2D eigenvalue weighted by Crippen LogP contribution is -2.11. The summed E-state index contributed by atoms with van der Waals surface area (Å²) in [6, 6.07) is 6.33. The molecule has 0 fully saturated rings. The summed E-state index contributed by atoms with van der Waals surface area (Å²) < 4.78 is 0. The summed E-state index contributed by atoms with van der Waals surface area (Å²) in [5.74, 6) is 0. The van der Waals surface area contributed by atoms with Gasteiger partial charge in [-0.15, -0.1) is 11.3 Å². The maximum atomic E-state index is 4.19. The van der Waals surface area contributed by atoms with Crippen molar-refractivity contribution < 1.29 is 0 Å². The van der Waals surface area contributed by atoms with Gasteiger partial charge in [0.05, 0.1) is 5.69 Å². The summed E-state index contributed by atoms with van der Waals surface area (Å²) in [6.45, 7) is 3.89. The third kappa shape index (κ3) is 2.91. The van der Waals surface area contributed by atoms with Crippen LogP contribution in [0.15, 0.2) is 23.6 Å². The van der Waals surface area contributed by atoms with Gasteiger partial charge in [-0.05, 0) is 23.9 Å². The zero-order valence-electron chi connectivity index (χ0n) is 8.79. The Hall–Kier alpha value is -1.13. The molecule has 0 bridgehead atoms. The van der Waals surface area contributed by atoms with Gasteiger partial charge in [0.25, 0.3) is 0 Å². The lowest BCUT2D eigenvalue weighted by Gasteiger charge is -1.99. The molecule has 2 N–H and O–H groups in total. The molecule has 0 spiro atoms. The predicted octanol–water partition coefficient (Wildman–Crippen LogP) is 2.32. The van der Waals surface area contributed by atoms with E-state index in [0.717, 1.165) is 30.9 Å². The van der Waals surface area contributed by atoms with Gasteiger partial charge < -0.3 is 5.32 Å². The molecule has 2 aromatic heterocycles. The lowest BCUT2D eigenvalue weighted by molar-refractivity contribution is 0.684. The second-order valence-electron chi connectivity index (χ2n) is 3.42. The maximum Gasteiger partial charge on any atom is 0.0622 e. The Morgan fingerprint density at radius 3 is 3.07 bits per heavy atom. The van der Waals surface area contributed by atoms with E-state index in [1.807, 2.05) is 0 Å². The summed E-state index contributed by atoms with van der Waals surface area (Å²) >= 11 is 1.78. The minimum Gasteiger partial charge on any atom is -0.306 e. The van der Waals surface area contributed by atoms with Crippen LogP contribution in [0.25, 0.3) is 0 Å². The summed E-state index contributed by atoms with van der Waals surface area (Å²) in [6.07, 6.45) is 0.988. The fourth-order valence-corrected chi connectivity index (χ4v) is 2.09. The summed E-state index contributed by atoms with van der Waals surface area (Å²) in [5.41, 5.74) is 2.28. The Bertz CT molecular complexity index is 392. The highest BCUT2D eigenvalue weighted by atomic mass is 32.1. The minimum absolute atomic E-state index is 0.852. The predicted molar refractivity (Wildman–Crippen MR) is 62.8 cm³/mol. The lowest BCUT2D eigenvalue weighted by atomic mass is 10.3. The van der Waals surface area contributed by atoms with Gasteiger partial charge in [0.2, 0.25) is 0 Å². The fourth-order valence-electron chi connectivity index (χ4n) is 1.41. The van der Waals surface area contributed by atoms with Crippen LogP contribution in [0.2, 0.25) is 0 Å². The number of H-pyrrole nitrogens is 1. The van der Waals surface area contributed by atoms with Crippen LogP contribution in [0.1, 0.15) is 23.2 Å². The molecule has 4 heteroatoms. The summed E-state index contributed by atoms with van der Waals surface area (Å²) in [4.78, 5) is 1.37. The quantitative estimate of drug-likeness (QED) is 0.813. The molecule has 0 radical (unpaired) electrons. The van der Waals surface area contributed by atoms with E-state index in [0.29, 0.717) is 0 Å². The zero-order chi connectivity index (χ0) is 10.5. The summed E-state index contributed by atoms with van der Waals surface area (Å²) in [7, 11) is 0. The van der Waals surface area contributed by atoms with Crippen LogP contribution in [0.5, 0.6) is 0 Å². The Labute approximate surface area is 93.5 Å². The van der Waals surface area contributed by atoms with Crippen LogP contribution < -0.4 is 5.32 Å². The van der Waals surface area contributed by atoms with Crippen LogP contribution in [0.4, 0.5) is 0 Å². The van der Waals surface area contributed by atoms with Crippen molar-refractivity contribution in [3.8, 4) is 0 Å². The monoisotopic (exact) mass is 221 g/mol. The van der Waals surface area contributed by atoms with Crippen molar-refractivity contribution in [3.63, 3.8) is 0 Å². The topological polar surface area (TPSA) is 40.7 Å². The number of aromatic nitrogens is 2. The van der Waals surface area contributed by atoms with E-state index in [1.165, 1.54) is 4.88 Å². The number of thiophene rings is 1. The van der Waals surface area contributed by atoms with Gasteiger partial charge >= 0.3 is 0 Å². The van der Waals surface area contributed by atoms with Gasteiger partial charge in [-0.3, -0.25) is 5.10 Å². The van der Waals surface area contributed by atoms with Crippen LogP contribution >= 0.6 is 11.3 Å². The highest BCUT2D eigenvalue weighted by Gasteiger charge is 1.98. The molecule has 80 valence electrons. The van der Waals surface area contributed by atoms with Crippen molar-refractivity contribution in [1.29, 1.82) is 0 Å². The Balaban J connectivity index is 1.78. The first kappa shape index (κ1) is 10.4. The minimum atomic E-state index is 0.852. The van der Waals surface area contributed by atoms with E-state index in [2.05, 4.69) is 46.0 Å². The molecule has 2 rings (SSSR count). The van der Waals surface area contributed by atoms with Crippen LogP contribution in [0, 0.1) is 0 Å². The van der Waals surface area contributed by atoms with Crippen LogP contribution in [0.3, 0.4) is 0 Å². The first-order valence-corrected chi connectivity index (χ1v) is 6.02. The normalized spacial score (nSPS) is 10.7. The first-order chi connectivity index (χ1) is 7.38. The van der Waals surface area contributed by atoms with Crippen molar-refractivity contribution in [3.05, 3.63) is 39.8 Å². The molecule has 15 heavy (non-hydrogen) atoms. The Morgan fingerprint density at radius 2 is 2.40 bits per heavy atom. The van der Waals surface area contributed by atoms with Crippen molar-refractivity contribution in [2.24, 2.45) is 0 Å². The maximum absolute atomic E-state index is 4.19. The molecular weight excluding hydrogens is 206 g/mol. The molecule has 0 saturated heterocycles. The molecule has 0 aromatic carbocycles. The molecule has 0 aliphatic carbocycles. The molecule has 0 unspecified atom stereocenters. The Kier molecular flexibility index (Phi) is 3.53. The van der Waals surface area contributed by atoms with Crippen LogP contribution in [-0.4, -0.2) is 10.2 Å². The molecular formula is C11H15N3S. The number of hydrogen-bond donors (Lipinski definition) is 2. The third-order valence-electron chi connectivity index (χ3n) is 2.24. The highest BCUT2D eigenvalue weighted by molar-refractivity contribution is 7.09. The van der Waals surface area contributed by atoms with Crippen molar-refractivity contribution in [2.45, 2.75) is 26.4 Å². The zero-order valence-corrected chi connectivity index (χ0v) is 9.60. The average Bonchev–Trinajstić information content (AvgIpc) is 2.88. The largest absolute Gasteiger partial charge is 0.306 e. The number of hydrogen-bond acceptors (Lipinski definition) is 3. The van der Waals surface area contributed by atoms with Gasteiger partial charge in [0, 0.05) is 23.7 Å². The SMILES string of the molecule is CCc1cc(CNCc2cccs2)[nH]n1. The van der Waals surface area contributed by atoms with Crippen molar-refractivity contribution >= 4 is 11.3 Å². The Morgan fingerprint density at radius 1 is 1.47 bits per heavy atom. The molecule has 0 atom stereocenters. The van der Waals surface area contributed by atoms with E-state index in [4.69, 9.17) is 0 Å². The third-order valence-corrected chi connectivity index (χ3v) is 3.12. The smallest absolute Gasteiger partial charge is 0.0622 e. The number of nitrogens with one attached hydrogen (secondary N) is 2. The molecule has 0 saturated carbocycles. The molecule has 0 aliphatic heterocycles. The van der Waals surface area contributed by atoms with E-state index >= 15 is 0 Å². The number of aryl methyl sites for hydroxylation is 1. The average molecular weight is 221 g/mol. The molecule has 2 heterocycles. The second kappa shape index (κ2) is 5.09. The van der Waals surface area contributed by atoms with Crippen LogP contribution in [-0.2, 0) is 19.5 Å². The van der Waals surface area contributed by atoms with E-state index in [-0.39, 0.29) is 0 Å². The van der Waals surface area contributed by atoms with E-state index in [1.54, 1.807) is 11.3 Å². The van der Waals surface area contributed by atoms with Gasteiger partial charge in [-0.25, -0.2) is 0 Å². The van der Waals surface area contributed by atoms with E-state index < -0.39 is 0 Å². The number of nitrogens with zero attached hydrogens (tertiary/aromatic N) is 1. The highest BCUT2D eigenvalue weighted by Crippen LogP contribution is 2.08. The van der Waals surface area contributed by atoms with E-state index in [9.17, 15) is 0 Å². The molecule has 0 amide bonds. The van der Waals surface area contributed by atoms with Crippen molar-refractivity contribution in [2.75, 3.05) is 0 Å².